The second-order valence-electron chi connectivity index (χ2n) is 3.08. The zero-order valence-corrected chi connectivity index (χ0v) is 8.25. The summed E-state index contributed by atoms with van der Waals surface area (Å²) in [4.78, 5) is 10.5. The van der Waals surface area contributed by atoms with Crippen molar-refractivity contribution in [2.24, 2.45) is 5.73 Å². The lowest BCUT2D eigenvalue weighted by Crippen LogP contribution is -2.33. The Kier molecular flexibility index (Phi) is 3.65. The maximum Gasteiger partial charge on any atom is 0.334 e. The molecule has 5 heteroatoms. The highest BCUT2D eigenvalue weighted by Gasteiger charge is 2.23. The third-order valence-corrected chi connectivity index (χ3v) is 2.09. The molecule has 0 saturated carbocycles. The molecule has 1 aromatic rings. The van der Waals surface area contributed by atoms with Gasteiger partial charge in [-0.15, -0.1) is 0 Å². The number of benzene rings is 1. The Morgan fingerprint density at radius 3 is 2.33 bits per heavy atom. The molecule has 4 N–H and O–H groups in total. The molecule has 0 spiro atoms. The minimum atomic E-state index is -1.60. The molecular formula is C10H13NO4. The van der Waals surface area contributed by atoms with Crippen molar-refractivity contribution in [3.05, 3.63) is 29.8 Å². The van der Waals surface area contributed by atoms with Crippen LogP contribution in [0.4, 0.5) is 0 Å². The molecule has 0 aliphatic carbocycles. The van der Waals surface area contributed by atoms with E-state index in [1.165, 1.54) is 7.11 Å². The number of nitrogens with two attached hydrogens (primary N) is 1. The number of hydrogen-bond donors (Lipinski definition) is 3. The van der Waals surface area contributed by atoms with Crippen molar-refractivity contribution >= 4 is 5.97 Å². The molecule has 5 nitrogen and oxygen atoms in total. The van der Waals surface area contributed by atoms with Gasteiger partial charge in [-0.05, 0) is 17.7 Å². The van der Waals surface area contributed by atoms with Crippen LogP contribution in [0.25, 0.3) is 0 Å². The van der Waals surface area contributed by atoms with Crippen LogP contribution in [0.3, 0.4) is 0 Å². The second-order valence-corrected chi connectivity index (χ2v) is 3.08. The summed E-state index contributed by atoms with van der Waals surface area (Å²) in [7, 11) is 1.53. The van der Waals surface area contributed by atoms with Gasteiger partial charge in [0.2, 0.25) is 0 Å². The van der Waals surface area contributed by atoms with Gasteiger partial charge in [0.1, 0.15) is 5.75 Å². The molecule has 1 rings (SSSR count). The second kappa shape index (κ2) is 4.77. The first kappa shape index (κ1) is 11.5. The fourth-order valence-corrected chi connectivity index (χ4v) is 1.16. The lowest BCUT2D eigenvalue weighted by molar-refractivity contribution is -0.147. The zero-order valence-electron chi connectivity index (χ0n) is 8.25. The van der Waals surface area contributed by atoms with E-state index in [1.54, 1.807) is 24.3 Å². The summed E-state index contributed by atoms with van der Waals surface area (Å²) in [6.07, 6.45) is -1.60. The summed E-state index contributed by atoms with van der Waals surface area (Å²) >= 11 is 0. The van der Waals surface area contributed by atoms with Crippen LogP contribution in [-0.4, -0.2) is 29.4 Å². The Morgan fingerprint density at radius 2 is 1.93 bits per heavy atom. The Bertz CT molecular complexity index is 336. The number of aliphatic hydroxyl groups excluding tert-OH is 1. The lowest BCUT2D eigenvalue weighted by atomic mass is 10.0. The molecule has 0 saturated heterocycles. The van der Waals surface area contributed by atoms with Crippen molar-refractivity contribution in [3.8, 4) is 5.75 Å². The highest BCUT2D eigenvalue weighted by Crippen LogP contribution is 2.18. The third-order valence-electron chi connectivity index (χ3n) is 2.09. The van der Waals surface area contributed by atoms with E-state index in [-0.39, 0.29) is 0 Å². The molecule has 0 aromatic heterocycles. The summed E-state index contributed by atoms with van der Waals surface area (Å²) < 4.78 is 4.94. The molecule has 0 amide bonds. The van der Waals surface area contributed by atoms with Crippen LogP contribution in [0.1, 0.15) is 11.6 Å². The molecule has 0 fully saturated rings. The minimum Gasteiger partial charge on any atom is -0.497 e. The normalized spacial score (nSPS) is 14.3. The first-order valence-electron chi connectivity index (χ1n) is 4.36. The van der Waals surface area contributed by atoms with Gasteiger partial charge in [-0.25, -0.2) is 4.79 Å². The van der Waals surface area contributed by atoms with Crippen LogP contribution in [0.2, 0.25) is 0 Å². The van der Waals surface area contributed by atoms with Crippen molar-refractivity contribution in [2.45, 2.75) is 12.1 Å². The monoisotopic (exact) mass is 211 g/mol. The molecule has 1 aromatic carbocycles. The number of methoxy groups -OCH3 is 1. The van der Waals surface area contributed by atoms with Gasteiger partial charge in [0.15, 0.2) is 6.10 Å². The van der Waals surface area contributed by atoms with Crippen LogP contribution in [-0.2, 0) is 4.79 Å². The van der Waals surface area contributed by atoms with Crippen LogP contribution in [0.15, 0.2) is 24.3 Å². The van der Waals surface area contributed by atoms with Crippen molar-refractivity contribution < 1.29 is 19.7 Å². The lowest BCUT2D eigenvalue weighted by Gasteiger charge is -2.15. The van der Waals surface area contributed by atoms with Gasteiger partial charge in [0.05, 0.1) is 13.2 Å². The molecule has 2 atom stereocenters. The summed E-state index contributed by atoms with van der Waals surface area (Å²) in [5, 5.41) is 17.8. The van der Waals surface area contributed by atoms with Gasteiger partial charge in [0.25, 0.3) is 0 Å². The fourth-order valence-electron chi connectivity index (χ4n) is 1.16. The van der Waals surface area contributed by atoms with E-state index in [1.807, 2.05) is 0 Å². The maximum absolute atomic E-state index is 10.5. The van der Waals surface area contributed by atoms with Crippen LogP contribution >= 0.6 is 0 Å². The van der Waals surface area contributed by atoms with E-state index in [9.17, 15) is 9.90 Å². The Morgan fingerprint density at radius 1 is 1.40 bits per heavy atom. The van der Waals surface area contributed by atoms with E-state index in [0.717, 1.165) is 0 Å². The topological polar surface area (TPSA) is 92.8 Å². The molecule has 0 heterocycles. The molecule has 0 radical (unpaired) electrons. The molecule has 0 aliphatic rings. The number of carboxylic acids is 1. The number of hydrogen-bond acceptors (Lipinski definition) is 4. The highest BCUT2D eigenvalue weighted by atomic mass is 16.5. The predicted molar refractivity (Wildman–Crippen MR) is 53.6 cm³/mol. The molecule has 0 bridgehead atoms. The smallest absolute Gasteiger partial charge is 0.334 e. The molecule has 0 unspecified atom stereocenters. The standard InChI is InChI=1S/C10H13NO4/c1-15-7-4-2-6(3-5-7)8(11)9(12)10(13)14/h2-5,8-9,12H,11H2,1H3,(H,13,14)/t8-,9+/m1/s1. The van der Waals surface area contributed by atoms with Gasteiger partial charge in [-0.2, -0.15) is 0 Å². The number of carbonyl (C=O) groups is 1. The third kappa shape index (κ3) is 2.68. The van der Waals surface area contributed by atoms with Gasteiger partial charge in [-0.1, -0.05) is 12.1 Å². The zero-order chi connectivity index (χ0) is 11.4. The Balaban J connectivity index is 2.82. The van der Waals surface area contributed by atoms with Gasteiger partial charge in [0, 0.05) is 0 Å². The first-order chi connectivity index (χ1) is 7.06. The number of ether oxygens (including phenoxy) is 1. The highest BCUT2D eigenvalue weighted by molar-refractivity contribution is 5.73. The average molecular weight is 211 g/mol. The van der Waals surface area contributed by atoms with Crippen LogP contribution < -0.4 is 10.5 Å². The summed E-state index contributed by atoms with van der Waals surface area (Å²) in [5.41, 5.74) is 6.11. The van der Waals surface area contributed by atoms with Crippen molar-refractivity contribution in [2.75, 3.05) is 7.11 Å². The molecule has 0 aliphatic heterocycles. The number of aliphatic carboxylic acids is 1. The van der Waals surface area contributed by atoms with Crippen molar-refractivity contribution in [1.29, 1.82) is 0 Å². The van der Waals surface area contributed by atoms with E-state index in [4.69, 9.17) is 15.6 Å². The number of aliphatic hydroxyl groups is 1. The van der Waals surface area contributed by atoms with E-state index < -0.39 is 18.1 Å². The van der Waals surface area contributed by atoms with Crippen molar-refractivity contribution in [1.82, 2.24) is 0 Å². The maximum atomic E-state index is 10.5. The summed E-state index contributed by atoms with van der Waals surface area (Å²) in [6.45, 7) is 0. The molecular weight excluding hydrogens is 198 g/mol. The number of rotatable bonds is 4. The van der Waals surface area contributed by atoms with Gasteiger partial charge >= 0.3 is 5.97 Å². The van der Waals surface area contributed by atoms with Crippen molar-refractivity contribution in [3.63, 3.8) is 0 Å². The SMILES string of the molecule is COc1ccc([C@@H](N)[C@H](O)C(=O)O)cc1. The first-order valence-corrected chi connectivity index (χ1v) is 4.36. The summed E-state index contributed by atoms with van der Waals surface area (Å²) in [6, 6.07) is 5.62. The minimum absolute atomic E-state index is 0.547. The van der Waals surface area contributed by atoms with E-state index >= 15 is 0 Å². The molecule has 82 valence electrons. The largest absolute Gasteiger partial charge is 0.497 e. The Labute approximate surface area is 87.1 Å². The Hall–Kier alpha value is -1.59. The molecule has 15 heavy (non-hydrogen) atoms. The average Bonchev–Trinajstić information content (AvgIpc) is 2.27. The van der Waals surface area contributed by atoms with E-state index in [0.29, 0.717) is 11.3 Å². The van der Waals surface area contributed by atoms with E-state index in [2.05, 4.69) is 0 Å². The summed E-state index contributed by atoms with van der Waals surface area (Å²) in [5.74, 6) is -0.686. The number of carboxylic acid groups (broad SMARTS) is 1. The quantitative estimate of drug-likeness (QED) is 0.658. The van der Waals surface area contributed by atoms with Crippen LogP contribution in [0.5, 0.6) is 5.75 Å². The van der Waals surface area contributed by atoms with Gasteiger partial charge in [-0.3, -0.25) is 0 Å². The van der Waals surface area contributed by atoms with Gasteiger partial charge < -0.3 is 20.7 Å². The van der Waals surface area contributed by atoms with Crippen LogP contribution in [0, 0.1) is 0 Å². The fraction of sp³-hybridized carbons (Fsp3) is 0.300. The predicted octanol–water partition coefficient (Wildman–Crippen LogP) is 0.140.